The normalized spacial score (nSPS) is 16.1. The van der Waals surface area contributed by atoms with E-state index >= 15 is 0 Å². The fraction of sp³-hybridized carbons (Fsp3) is 0.160. The lowest BCUT2D eigenvalue weighted by molar-refractivity contribution is -0.115. The number of carboxylic acids is 1. The highest BCUT2D eigenvalue weighted by Gasteiger charge is 2.25. The molecule has 2 N–H and O–H groups in total. The molecule has 1 fully saturated rings. The molecule has 162 valence electrons. The lowest BCUT2D eigenvalue weighted by Crippen LogP contribution is -2.19. The van der Waals surface area contributed by atoms with Crippen molar-refractivity contribution in [3.63, 3.8) is 0 Å². The number of thioether (sulfide) groups is 1. The number of hydrogen-bond donors (Lipinski definition) is 2. The predicted octanol–water partition coefficient (Wildman–Crippen LogP) is 5.30. The Morgan fingerprint density at radius 1 is 1.09 bits per heavy atom. The van der Waals surface area contributed by atoms with Crippen LogP contribution < -0.4 is 5.32 Å². The van der Waals surface area contributed by atoms with Gasteiger partial charge < -0.3 is 15.0 Å². The molecule has 1 aliphatic heterocycles. The lowest BCUT2D eigenvalue weighted by atomic mass is 10.1. The molecule has 0 atom stereocenters. The van der Waals surface area contributed by atoms with Gasteiger partial charge in [0.25, 0.3) is 5.91 Å². The molecule has 1 aliphatic rings. The number of benzene rings is 2. The molecule has 0 unspecified atom stereocenters. The largest absolute Gasteiger partial charge is 0.478 e. The number of aliphatic imine (C=N–C) groups is 1. The van der Waals surface area contributed by atoms with E-state index in [1.807, 2.05) is 68.7 Å². The Kier molecular flexibility index (Phi) is 5.76. The van der Waals surface area contributed by atoms with Crippen molar-refractivity contribution in [3.05, 3.63) is 87.1 Å². The van der Waals surface area contributed by atoms with Gasteiger partial charge >= 0.3 is 5.97 Å². The van der Waals surface area contributed by atoms with Crippen molar-refractivity contribution in [2.45, 2.75) is 27.7 Å². The topological polar surface area (TPSA) is 83.7 Å². The van der Waals surface area contributed by atoms with Crippen molar-refractivity contribution < 1.29 is 14.7 Å². The number of amides is 1. The third kappa shape index (κ3) is 3.99. The van der Waals surface area contributed by atoms with E-state index in [1.54, 1.807) is 18.2 Å². The highest BCUT2D eigenvalue weighted by Crippen LogP contribution is 2.32. The third-order valence-corrected chi connectivity index (χ3v) is 6.49. The number of carbonyl (C=O) groups is 2. The Bertz CT molecular complexity index is 1320. The molecule has 0 radical (unpaired) electrons. The first-order valence-electron chi connectivity index (χ1n) is 10.1. The van der Waals surface area contributed by atoms with Gasteiger partial charge in [0.1, 0.15) is 0 Å². The Morgan fingerprint density at radius 3 is 2.59 bits per heavy atom. The number of nitrogens with zero attached hydrogens (tertiary/aromatic N) is 2. The second kappa shape index (κ2) is 8.51. The number of para-hydroxylation sites is 1. The third-order valence-electron chi connectivity index (χ3n) is 5.58. The number of amidine groups is 1. The Morgan fingerprint density at radius 2 is 1.84 bits per heavy atom. The van der Waals surface area contributed by atoms with Crippen molar-refractivity contribution in [2.24, 2.45) is 4.99 Å². The molecule has 1 aromatic heterocycles. The number of carbonyl (C=O) groups excluding carboxylic acids is 1. The van der Waals surface area contributed by atoms with Crippen molar-refractivity contribution in [1.82, 2.24) is 9.88 Å². The van der Waals surface area contributed by atoms with Gasteiger partial charge in [-0.1, -0.05) is 24.3 Å². The van der Waals surface area contributed by atoms with Gasteiger partial charge in [0, 0.05) is 11.4 Å². The monoisotopic (exact) mass is 445 g/mol. The minimum absolute atomic E-state index is 0.199. The molecule has 4 rings (SSSR count). The summed E-state index contributed by atoms with van der Waals surface area (Å²) < 4.78 is 1.90. The summed E-state index contributed by atoms with van der Waals surface area (Å²) in [4.78, 5) is 29.4. The Hall–Kier alpha value is -3.58. The quantitative estimate of drug-likeness (QED) is 0.534. The van der Waals surface area contributed by atoms with Gasteiger partial charge in [-0.25, -0.2) is 9.79 Å². The average molecular weight is 446 g/mol. The van der Waals surface area contributed by atoms with Crippen LogP contribution in [-0.4, -0.2) is 26.7 Å². The smallest absolute Gasteiger partial charge is 0.337 e. The van der Waals surface area contributed by atoms with Crippen LogP contribution in [0.1, 0.15) is 38.4 Å². The highest BCUT2D eigenvalue weighted by atomic mass is 32.2. The molecule has 7 heteroatoms. The molecule has 0 bridgehead atoms. The van der Waals surface area contributed by atoms with Gasteiger partial charge in [-0.15, -0.1) is 0 Å². The van der Waals surface area contributed by atoms with E-state index in [0.717, 1.165) is 33.8 Å². The Balaban J connectivity index is 1.69. The van der Waals surface area contributed by atoms with Gasteiger partial charge in [-0.3, -0.25) is 4.79 Å². The van der Waals surface area contributed by atoms with E-state index in [-0.39, 0.29) is 11.5 Å². The van der Waals surface area contributed by atoms with Crippen LogP contribution in [0.5, 0.6) is 0 Å². The summed E-state index contributed by atoms with van der Waals surface area (Å²) in [6, 6.07) is 14.8. The van der Waals surface area contributed by atoms with Crippen LogP contribution in [0, 0.1) is 27.7 Å². The molecule has 2 heterocycles. The average Bonchev–Trinajstić information content (AvgIpc) is 3.23. The van der Waals surface area contributed by atoms with Crippen LogP contribution in [0.15, 0.2) is 58.4 Å². The fourth-order valence-corrected chi connectivity index (χ4v) is 4.57. The molecule has 2 aromatic carbocycles. The number of aromatic nitrogens is 1. The molecular weight excluding hydrogens is 422 g/mol. The lowest BCUT2D eigenvalue weighted by Gasteiger charge is -2.12. The zero-order chi connectivity index (χ0) is 23.0. The first-order valence-corrected chi connectivity index (χ1v) is 11.0. The molecule has 1 amide bonds. The maximum atomic E-state index is 12.6. The highest BCUT2D eigenvalue weighted by molar-refractivity contribution is 8.18. The summed E-state index contributed by atoms with van der Waals surface area (Å²) >= 11 is 1.30. The number of aryl methyl sites for hydroxylation is 2. The maximum absolute atomic E-state index is 12.6. The van der Waals surface area contributed by atoms with E-state index in [1.165, 1.54) is 11.8 Å². The van der Waals surface area contributed by atoms with Gasteiger partial charge in [0.2, 0.25) is 0 Å². The maximum Gasteiger partial charge on any atom is 0.337 e. The number of nitrogens with one attached hydrogen (secondary N) is 1. The predicted molar refractivity (Wildman–Crippen MR) is 129 cm³/mol. The standard InChI is InChI=1S/C25H23N3O3S/c1-14-8-7-10-20(16(14)3)26-25-27-23(29)22(32-25)13-18-12-15(2)28(17(18)4)21-11-6-5-9-19(21)24(30)31/h5-13H,1-4H3,(H,30,31)(H,26,27,29)/b22-13-. The summed E-state index contributed by atoms with van der Waals surface area (Å²) in [7, 11) is 0. The zero-order valence-corrected chi connectivity index (χ0v) is 19.1. The molecule has 3 aromatic rings. The number of aromatic carboxylic acids is 1. The molecule has 0 saturated carbocycles. The van der Waals surface area contributed by atoms with E-state index < -0.39 is 5.97 Å². The van der Waals surface area contributed by atoms with Gasteiger partial charge in [-0.2, -0.15) is 0 Å². The summed E-state index contributed by atoms with van der Waals surface area (Å²) in [6.07, 6.45) is 1.83. The number of rotatable bonds is 4. The first-order chi connectivity index (χ1) is 15.3. The molecular formula is C25H23N3O3S. The minimum atomic E-state index is -0.981. The fourth-order valence-electron chi connectivity index (χ4n) is 3.74. The van der Waals surface area contributed by atoms with Crippen molar-refractivity contribution in [3.8, 4) is 5.69 Å². The van der Waals surface area contributed by atoms with E-state index in [9.17, 15) is 14.7 Å². The SMILES string of the molecule is Cc1cccc(N=C2NC(=O)/C(=C/c3cc(C)n(-c4ccccc4C(=O)O)c3C)S2)c1C. The summed E-state index contributed by atoms with van der Waals surface area (Å²) in [5.41, 5.74) is 6.47. The van der Waals surface area contributed by atoms with Crippen LogP contribution in [-0.2, 0) is 4.79 Å². The van der Waals surface area contributed by atoms with Crippen molar-refractivity contribution in [1.29, 1.82) is 0 Å². The second-order valence-corrected chi connectivity index (χ2v) is 8.72. The summed E-state index contributed by atoms with van der Waals surface area (Å²) in [5.74, 6) is -1.18. The van der Waals surface area contributed by atoms with Crippen molar-refractivity contribution >= 4 is 40.6 Å². The minimum Gasteiger partial charge on any atom is -0.478 e. The zero-order valence-electron chi connectivity index (χ0n) is 18.3. The number of carboxylic acid groups (broad SMARTS) is 1. The molecule has 6 nitrogen and oxygen atoms in total. The summed E-state index contributed by atoms with van der Waals surface area (Å²) in [5, 5.41) is 13.0. The number of hydrogen-bond acceptors (Lipinski definition) is 4. The summed E-state index contributed by atoms with van der Waals surface area (Å²) in [6.45, 7) is 7.88. The van der Waals surface area contributed by atoms with Crippen LogP contribution >= 0.6 is 11.8 Å². The van der Waals surface area contributed by atoms with Gasteiger partial charge in [0.15, 0.2) is 5.17 Å². The van der Waals surface area contributed by atoms with E-state index in [2.05, 4.69) is 10.3 Å². The van der Waals surface area contributed by atoms with Crippen LogP contribution in [0.25, 0.3) is 11.8 Å². The molecule has 32 heavy (non-hydrogen) atoms. The second-order valence-electron chi connectivity index (χ2n) is 7.68. The van der Waals surface area contributed by atoms with Crippen LogP contribution in [0.2, 0.25) is 0 Å². The molecule has 0 aliphatic carbocycles. The molecule has 1 saturated heterocycles. The Labute approximate surface area is 190 Å². The van der Waals surface area contributed by atoms with Crippen LogP contribution in [0.4, 0.5) is 5.69 Å². The van der Waals surface area contributed by atoms with E-state index in [0.29, 0.717) is 15.8 Å². The molecule has 0 spiro atoms. The van der Waals surface area contributed by atoms with Gasteiger partial charge in [-0.05, 0) is 86.5 Å². The van der Waals surface area contributed by atoms with Crippen molar-refractivity contribution in [2.75, 3.05) is 0 Å². The van der Waals surface area contributed by atoms with E-state index in [4.69, 9.17) is 0 Å². The van der Waals surface area contributed by atoms with Crippen LogP contribution in [0.3, 0.4) is 0 Å². The van der Waals surface area contributed by atoms with Gasteiger partial charge in [0.05, 0.1) is 21.8 Å². The first kappa shape index (κ1) is 21.6.